The Bertz CT molecular complexity index is 1320. The molecule has 0 saturated carbocycles. The van der Waals surface area contributed by atoms with E-state index in [2.05, 4.69) is 4.98 Å². The molecule has 0 radical (unpaired) electrons. The molecule has 7 nitrogen and oxygen atoms in total. The third-order valence-corrected chi connectivity index (χ3v) is 8.18. The minimum atomic E-state index is -3.64. The Hall–Kier alpha value is -3.46. The predicted octanol–water partition coefficient (Wildman–Crippen LogP) is 3.63. The van der Waals surface area contributed by atoms with Crippen molar-refractivity contribution in [3.63, 3.8) is 0 Å². The zero-order valence-electron chi connectivity index (χ0n) is 19.7. The topological polar surface area (TPSA) is 117 Å². The van der Waals surface area contributed by atoms with Gasteiger partial charge < -0.3 is 20.1 Å². The van der Waals surface area contributed by atoms with E-state index < -0.39 is 27.8 Å². The van der Waals surface area contributed by atoms with Gasteiger partial charge in [-0.2, -0.15) is 0 Å². The molecule has 0 unspecified atom stereocenters. The van der Waals surface area contributed by atoms with Crippen LogP contribution in [-0.4, -0.2) is 59.0 Å². The lowest BCUT2D eigenvalue weighted by Gasteiger charge is -2.20. The molecule has 0 bridgehead atoms. The number of aliphatic hydroxyl groups excluding tert-OH is 2. The lowest BCUT2D eigenvalue weighted by atomic mass is 9.94. The van der Waals surface area contributed by atoms with Crippen LogP contribution in [0.2, 0.25) is 0 Å². The van der Waals surface area contributed by atoms with Crippen molar-refractivity contribution in [3.05, 3.63) is 101 Å². The molecule has 2 heterocycles. The third-order valence-electron chi connectivity index (χ3n) is 6.16. The largest absolute Gasteiger partial charge is 0.508 e. The second-order valence-electron chi connectivity index (χ2n) is 8.67. The van der Waals surface area contributed by atoms with Crippen molar-refractivity contribution in [2.24, 2.45) is 0 Å². The van der Waals surface area contributed by atoms with E-state index in [4.69, 9.17) is 4.74 Å². The molecule has 1 aliphatic heterocycles. The Balaban J connectivity index is 1.58. The minimum Gasteiger partial charge on any atom is -0.508 e. The number of ether oxygens (including phenoxy) is 1. The number of nitrogens with zero attached hydrogens (tertiary/aromatic N) is 1. The molecule has 3 N–H and O–H groups in total. The molecule has 1 aliphatic rings. The molecule has 2 aromatic carbocycles. The zero-order chi connectivity index (χ0) is 25.5. The van der Waals surface area contributed by atoms with Gasteiger partial charge >= 0.3 is 0 Å². The summed E-state index contributed by atoms with van der Waals surface area (Å²) in [7, 11) is -3.64. The normalized spacial score (nSPS) is 18.3. The minimum absolute atomic E-state index is 0.0165. The van der Waals surface area contributed by atoms with Crippen LogP contribution < -0.4 is 4.74 Å². The van der Waals surface area contributed by atoms with Gasteiger partial charge in [0.05, 0.1) is 24.2 Å². The van der Waals surface area contributed by atoms with Crippen molar-refractivity contribution >= 4 is 21.5 Å². The van der Waals surface area contributed by atoms with Gasteiger partial charge in [-0.1, -0.05) is 36.4 Å². The Morgan fingerprint density at radius 3 is 2.44 bits per heavy atom. The van der Waals surface area contributed by atoms with Gasteiger partial charge in [0.25, 0.3) is 0 Å². The molecule has 0 aliphatic carbocycles. The number of pyridine rings is 1. The highest BCUT2D eigenvalue weighted by Crippen LogP contribution is 2.33. The Morgan fingerprint density at radius 1 is 1.06 bits per heavy atom. The van der Waals surface area contributed by atoms with Crippen LogP contribution >= 0.6 is 0 Å². The summed E-state index contributed by atoms with van der Waals surface area (Å²) in [6, 6.07) is 21.3. The van der Waals surface area contributed by atoms with Gasteiger partial charge in [0.15, 0.2) is 9.84 Å². The van der Waals surface area contributed by atoms with Crippen LogP contribution in [0.1, 0.15) is 24.1 Å². The third kappa shape index (κ3) is 6.20. The molecule has 0 spiro atoms. The van der Waals surface area contributed by atoms with Gasteiger partial charge in [-0.05, 0) is 77.6 Å². The second-order valence-corrected chi connectivity index (χ2v) is 10.9. The fourth-order valence-electron chi connectivity index (χ4n) is 4.37. The average molecular weight is 508 g/mol. The SMILES string of the molecule is O=S1(=O)CC(COc2ccccc2)=C([C@H](O)CC/C(=C/c2ccc(O)cc2)c2ccccn2)[C@@H]1CO. The number of aromatic hydroxyl groups is 1. The van der Waals surface area contributed by atoms with Gasteiger partial charge in [0, 0.05) is 6.20 Å². The molecule has 0 amide bonds. The summed E-state index contributed by atoms with van der Waals surface area (Å²) in [4.78, 5) is 4.43. The highest BCUT2D eigenvalue weighted by molar-refractivity contribution is 7.92. The van der Waals surface area contributed by atoms with Gasteiger partial charge in [-0.15, -0.1) is 0 Å². The maximum atomic E-state index is 12.7. The number of para-hydroxylation sites is 1. The molecule has 2 atom stereocenters. The van der Waals surface area contributed by atoms with Gasteiger partial charge in [0.1, 0.15) is 23.4 Å². The first-order valence-electron chi connectivity index (χ1n) is 11.7. The van der Waals surface area contributed by atoms with Crippen LogP contribution in [0.5, 0.6) is 11.5 Å². The summed E-state index contributed by atoms with van der Waals surface area (Å²) in [6.07, 6.45) is 3.17. The number of hydrogen-bond acceptors (Lipinski definition) is 7. The maximum absolute atomic E-state index is 12.7. The number of benzene rings is 2. The van der Waals surface area contributed by atoms with Crippen molar-refractivity contribution in [2.45, 2.75) is 24.2 Å². The predicted molar refractivity (Wildman–Crippen MR) is 139 cm³/mol. The number of hydrogen-bond donors (Lipinski definition) is 3. The van der Waals surface area contributed by atoms with E-state index in [9.17, 15) is 23.7 Å². The molecule has 188 valence electrons. The molecule has 8 heteroatoms. The van der Waals surface area contributed by atoms with E-state index in [1.807, 2.05) is 42.5 Å². The van der Waals surface area contributed by atoms with Crippen LogP contribution in [-0.2, 0) is 9.84 Å². The Morgan fingerprint density at radius 2 is 1.78 bits per heavy atom. The standard InChI is InChI=1S/C28H29NO6S/c30-17-27-28(22(19-36(27,33)34)18-35-24-6-2-1-3-7-24)26(32)14-11-21(25-8-4-5-15-29-25)16-20-9-12-23(31)13-10-20/h1-10,12-13,15-16,26-27,30-32H,11,14,17-19H2/b21-16-/t26-,27+/m1/s1. The van der Waals surface area contributed by atoms with E-state index in [0.717, 1.165) is 16.8 Å². The number of phenolic OH excluding ortho intramolecular Hbond substituents is 1. The van der Waals surface area contributed by atoms with Crippen LogP contribution in [0, 0.1) is 0 Å². The van der Waals surface area contributed by atoms with Gasteiger partial charge in [0.2, 0.25) is 0 Å². The lowest BCUT2D eigenvalue weighted by molar-refractivity contribution is 0.188. The number of aliphatic hydroxyl groups is 2. The first-order chi connectivity index (χ1) is 17.4. The zero-order valence-corrected chi connectivity index (χ0v) is 20.5. The van der Waals surface area contributed by atoms with Crippen molar-refractivity contribution in [1.82, 2.24) is 4.98 Å². The van der Waals surface area contributed by atoms with Crippen molar-refractivity contribution < 1.29 is 28.5 Å². The van der Waals surface area contributed by atoms with E-state index in [-0.39, 0.29) is 24.5 Å². The van der Waals surface area contributed by atoms with E-state index in [1.54, 1.807) is 42.6 Å². The summed E-state index contributed by atoms with van der Waals surface area (Å²) >= 11 is 0. The van der Waals surface area contributed by atoms with Crippen LogP contribution in [0.15, 0.2) is 90.1 Å². The molecule has 1 aromatic heterocycles. The highest BCUT2D eigenvalue weighted by atomic mass is 32.2. The molecular formula is C28H29NO6S. The Kier molecular flexibility index (Phi) is 8.20. The molecule has 3 aromatic rings. The fourth-order valence-corrected chi connectivity index (χ4v) is 6.24. The van der Waals surface area contributed by atoms with Crippen LogP contribution in [0.3, 0.4) is 0 Å². The van der Waals surface area contributed by atoms with Crippen LogP contribution in [0.25, 0.3) is 11.6 Å². The average Bonchev–Trinajstić information content (AvgIpc) is 3.16. The molecule has 0 fully saturated rings. The number of phenols is 1. The van der Waals surface area contributed by atoms with Crippen molar-refractivity contribution in [3.8, 4) is 11.5 Å². The van der Waals surface area contributed by atoms with Gasteiger partial charge in [-0.3, -0.25) is 4.98 Å². The van der Waals surface area contributed by atoms with Crippen LogP contribution in [0.4, 0.5) is 0 Å². The smallest absolute Gasteiger partial charge is 0.163 e. The van der Waals surface area contributed by atoms with Crippen molar-refractivity contribution in [2.75, 3.05) is 19.0 Å². The summed E-state index contributed by atoms with van der Waals surface area (Å²) in [6.45, 7) is -0.581. The number of allylic oxidation sites excluding steroid dienone is 1. The monoisotopic (exact) mass is 507 g/mol. The van der Waals surface area contributed by atoms with Gasteiger partial charge in [-0.25, -0.2) is 8.42 Å². The first kappa shape index (κ1) is 25.6. The summed E-state index contributed by atoms with van der Waals surface area (Å²) < 4.78 is 31.3. The number of sulfone groups is 1. The summed E-state index contributed by atoms with van der Waals surface area (Å²) in [5.74, 6) is 0.503. The molecular weight excluding hydrogens is 478 g/mol. The van der Waals surface area contributed by atoms with E-state index in [1.165, 1.54) is 0 Å². The Labute approximate surface area is 211 Å². The summed E-state index contributed by atoms with van der Waals surface area (Å²) in [5, 5.41) is 29.5. The quantitative estimate of drug-likeness (QED) is 0.359. The summed E-state index contributed by atoms with van der Waals surface area (Å²) in [5.41, 5.74) is 3.24. The molecule has 4 rings (SSSR count). The molecule has 0 saturated heterocycles. The maximum Gasteiger partial charge on any atom is 0.163 e. The van der Waals surface area contributed by atoms with Crippen molar-refractivity contribution in [1.29, 1.82) is 0 Å². The fraction of sp³-hybridized carbons (Fsp3) is 0.250. The number of rotatable bonds is 10. The highest BCUT2D eigenvalue weighted by Gasteiger charge is 2.41. The lowest BCUT2D eigenvalue weighted by Crippen LogP contribution is -2.29. The van der Waals surface area contributed by atoms with E-state index in [0.29, 0.717) is 23.3 Å². The second kappa shape index (κ2) is 11.5. The van der Waals surface area contributed by atoms with E-state index >= 15 is 0 Å². The molecule has 36 heavy (non-hydrogen) atoms. The number of aromatic nitrogens is 1. The first-order valence-corrected chi connectivity index (χ1v) is 13.4.